The summed E-state index contributed by atoms with van der Waals surface area (Å²) >= 11 is 0. The van der Waals surface area contributed by atoms with Crippen LogP contribution in [0.4, 0.5) is 0 Å². The second-order valence-electron chi connectivity index (χ2n) is 4.10. The Bertz CT molecular complexity index is 445. The van der Waals surface area contributed by atoms with Gasteiger partial charge >= 0.3 is 5.97 Å². The van der Waals surface area contributed by atoms with Crippen LogP contribution in [0.15, 0.2) is 18.2 Å². The van der Waals surface area contributed by atoms with Crippen molar-refractivity contribution in [3.8, 4) is 11.5 Å². The number of fused-ring (bicyclic) bond motifs is 1. The number of hydrogen-bond acceptors (Lipinski definition) is 5. The van der Waals surface area contributed by atoms with Crippen molar-refractivity contribution in [2.45, 2.75) is 12.5 Å². The summed E-state index contributed by atoms with van der Waals surface area (Å²) in [7, 11) is 0. The van der Waals surface area contributed by atoms with E-state index in [-0.39, 0.29) is 13.2 Å². The molecule has 2 rings (SSSR count). The van der Waals surface area contributed by atoms with E-state index < -0.39 is 12.1 Å². The first-order valence-electron chi connectivity index (χ1n) is 6.04. The van der Waals surface area contributed by atoms with Crippen molar-refractivity contribution in [3.63, 3.8) is 0 Å². The highest BCUT2D eigenvalue weighted by molar-refractivity contribution is 5.74. The van der Waals surface area contributed by atoms with Crippen molar-refractivity contribution in [1.82, 2.24) is 0 Å². The maximum atomic E-state index is 10.8. The molecule has 1 atom stereocenters. The van der Waals surface area contributed by atoms with E-state index in [4.69, 9.17) is 24.4 Å². The standard InChI is InChI=1S/C13H16O6/c14-3-4-17-5-6-18-10-2-1-9-7-12(13(15)16)19-11(9)8-10/h1-2,8,12,14H,3-7H2,(H,15,16). The zero-order valence-corrected chi connectivity index (χ0v) is 10.4. The molecule has 1 aromatic carbocycles. The van der Waals surface area contributed by atoms with Gasteiger partial charge in [-0.1, -0.05) is 6.07 Å². The molecular formula is C13H16O6. The van der Waals surface area contributed by atoms with Crippen LogP contribution < -0.4 is 9.47 Å². The zero-order chi connectivity index (χ0) is 13.7. The molecule has 0 aromatic heterocycles. The molecule has 0 spiro atoms. The van der Waals surface area contributed by atoms with Crippen molar-refractivity contribution in [2.75, 3.05) is 26.4 Å². The van der Waals surface area contributed by atoms with Gasteiger partial charge in [0.15, 0.2) is 6.10 Å². The summed E-state index contributed by atoms with van der Waals surface area (Å²) in [6.45, 7) is 1.03. The summed E-state index contributed by atoms with van der Waals surface area (Å²) in [6.07, 6.45) is -0.428. The molecule has 0 saturated heterocycles. The van der Waals surface area contributed by atoms with Gasteiger partial charge in [-0.25, -0.2) is 4.79 Å². The molecule has 1 aliphatic rings. The van der Waals surface area contributed by atoms with Crippen molar-refractivity contribution >= 4 is 5.97 Å². The molecule has 0 saturated carbocycles. The SMILES string of the molecule is O=C(O)C1Cc2ccc(OCCOCCO)cc2O1. The zero-order valence-electron chi connectivity index (χ0n) is 10.4. The number of hydrogen-bond donors (Lipinski definition) is 2. The van der Waals surface area contributed by atoms with Crippen LogP contribution in [0.2, 0.25) is 0 Å². The van der Waals surface area contributed by atoms with E-state index in [1.165, 1.54) is 0 Å². The first kappa shape index (κ1) is 13.6. The molecule has 1 unspecified atom stereocenters. The van der Waals surface area contributed by atoms with Gasteiger partial charge in [0, 0.05) is 12.5 Å². The Balaban J connectivity index is 1.85. The third-order valence-electron chi connectivity index (χ3n) is 2.72. The first-order chi connectivity index (χ1) is 9.20. The van der Waals surface area contributed by atoms with E-state index in [2.05, 4.69) is 0 Å². The van der Waals surface area contributed by atoms with E-state index in [1.807, 2.05) is 6.07 Å². The molecule has 6 nitrogen and oxygen atoms in total. The molecule has 0 aliphatic carbocycles. The lowest BCUT2D eigenvalue weighted by Crippen LogP contribution is -2.24. The molecule has 104 valence electrons. The van der Waals surface area contributed by atoms with E-state index in [9.17, 15) is 4.79 Å². The fourth-order valence-electron chi connectivity index (χ4n) is 1.82. The van der Waals surface area contributed by atoms with Crippen molar-refractivity contribution in [2.24, 2.45) is 0 Å². The average molecular weight is 268 g/mol. The lowest BCUT2D eigenvalue weighted by molar-refractivity contribution is -0.144. The Hall–Kier alpha value is -1.79. The third-order valence-corrected chi connectivity index (χ3v) is 2.72. The Kier molecular flexibility index (Phi) is 4.59. The van der Waals surface area contributed by atoms with Crippen LogP contribution in [0.25, 0.3) is 0 Å². The van der Waals surface area contributed by atoms with Crippen LogP contribution in [-0.2, 0) is 16.0 Å². The van der Waals surface area contributed by atoms with Gasteiger partial charge in [0.05, 0.1) is 19.8 Å². The summed E-state index contributed by atoms with van der Waals surface area (Å²) < 4.78 is 15.8. The highest BCUT2D eigenvalue weighted by Gasteiger charge is 2.28. The van der Waals surface area contributed by atoms with Gasteiger partial charge in [-0.2, -0.15) is 0 Å². The number of carbonyl (C=O) groups is 1. The number of aliphatic hydroxyl groups is 1. The largest absolute Gasteiger partial charge is 0.491 e. The Labute approximate surface area is 110 Å². The number of carboxylic acids is 1. The molecule has 1 heterocycles. The minimum absolute atomic E-state index is 0.0107. The lowest BCUT2D eigenvalue weighted by atomic mass is 10.1. The van der Waals surface area contributed by atoms with Gasteiger partial charge in [0.1, 0.15) is 18.1 Å². The molecule has 0 amide bonds. The molecule has 0 bridgehead atoms. The fraction of sp³-hybridized carbons (Fsp3) is 0.462. The lowest BCUT2D eigenvalue weighted by Gasteiger charge is -2.08. The molecule has 19 heavy (non-hydrogen) atoms. The fourth-order valence-corrected chi connectivity index (χ4v) is 1.82. The van der Waals surface area contributed by atoms with Crippen LogP contribution in [0, 0.1) is 0 Å². The number of aliphatic hydroxyl groups excluding tert-OH is 1. The topological polar surface area (TPSA) is 85.2 Å². The smallest absolute Gasteiger partial charge is 0.345 e. The average Bonchev–Trinajstić information content (AvgIpc) is 2.82. The second kappa shape index (κ2) is 6.40. The molecule has 1 aliphatic heterocycles. The van der Waals surface area contributed by atoms with Gasteiger partial charge in [0.2, 0.25) is 0 Å². The Morgan fingerprint density at radius 2 is 2.21 bits per heavy atom. The predicted octanol–water partition coefficient (Wildman–Crippen LogP) is 0.462. The summed E-state index contributed by atoms with van der Waals surface area (Å²) in [5, 5.41) is 17.4. The highest BCUT2D eigenvalue weighted by Crippen LogP contribution is 2.32. The van der Waals surface area contributed by atoms with Gasteiger partial charge < -0.3 is 24.4 Å². The van der Waals surface area contributed by atoms with Gasteiger partial charge in [0.25, 0.3) is 0 Å². The first-order valence-corrected chi connectivity index (χ1v) is 6.04. The normalized spacial score (nSPS) is 16.8. The molecule has 0 fully saturated rings. The second-order valence-corrected chi connectivity index (χ2v) is 4.10. The minimum atomic E-state index is -0.962. The number of rotatable bonds is 7. The molecule has 1 aromatic rings. The minimum Gasteiger partial charge on any atom is -0.491 e. The molecular weight excluding hydrogens is 252 g/mol. The van der Waals surface area contributed by atoms with Crippen LogP contribution in [0.3, 0.4) is 0 Å². The van der Waals surface area contributed by atoms with Gasteiger partial charge in [-0.3, -0.25) is 0 Å². The summed E-state index contributed by atoms with van der Waals surface area (Å²) in [6, 6.07) is 5.27. The number of aliphatic carboxylic acids is 1. The number of carboxylic acid groups (broad SMARTS) is 1. The third kappa shape index (κ3) is 3.59. The molecule has 2 N–H and O–H groups in total. The quantitative estimate of drug-likeness (QED) is 0.699. The summed E-state index contributed by atoms with van der Waals surface area (Å²) in [5.74, 6) is 0.203. The number of benzene rings is 1. The van der Waals surface area contributed by atoms with Crippen LogP contribution in [-0.4, -0.2) is 48.7 Å². The van der Waals surface area contributed by atoms with Crippen molar-refractivity contribution in [1.29, 1.82) is 0 Å². The van der Waals surface area contributed by atoms with Crippen LogP contribution >= 0.6 is 0 Å². The Morgan fingerprint density at radius 3 is 2.95 bits per heavy atom. The van der Waals surface area contributed by atoms with Gasteiger partial charge in [-0.05, 0) is 11.6 Å². The van der Waals surface area contributed by atoms with E-state index in [0.29, 0.717) is 31.1 Å². The maximum absolute atomic E-state index is 10.8. The van der Waals surface area contributed by atoms with Crippen molar-refractivity contribution in [3.05, 3.63) is 23.8 Å². The predicted molar refractivity (Wildman–Crippen MR) is 65.6 cm³/mol. The van der Waals surface area contributed by atoms with Crippen LogP contribution in [0.5, 0.6) is 11.5 Å². The van der Waals surface area contributed by atoms with Crippen molar-refractivity contribution < 1.29 is 29.2 Å². The highest BCUT2D eigenvalue weighted by atomic mass is 16.5. The Morgan fingerprint density at radius 1 is 1.37 bits per heavy atom. The number of ether oxygens (including phenoxy) is 3. The van der Waals surface area contributed by atoms with E-state index >= 15 is 0 Å². The summed E-state index contributed by atoms with van der Waals surface area (Å²) in [4.78, 5) is 10.8. The van der Waals surface area contributed by atoms with Crippen LogP contribution in [0.1, 0.15) is 5.56 Å². The molecule has 0 radical (unpaired) electrons. The van der Waals surface area contributed by atoms with Gasteiger partial charge in [-0.15, -0.1) is 0 Å². The summed E-state index contributed by atoms with van der Waals surface area (Å²) in [5.41, 5.74) is 0.872. The monoisotopic (exact) mass is 268 g/mol. The van der Waals surface area contributed by atoms with E-state index in [0.717, 1.165) is 5.56 Å². The maximum Gasteiger partial charge on any atom is 0.345 e. The molecule has 6 heteroatoms. The van der Waals surface area contributed by atoms with E-state index in [1.54, 1.807) is 12.1 Å².